The molecule has 2 rings (SSSR count). The summed E-state index contributed by atoms with van der Waals surface area (Å²) in [5.41, 5.74) is 0.0240. The number of aryl methyl sites for hydroxylation is 1. The minimum absolute atomic E-state index is 0.0240. The van der Waals surface area contributed by atoms with Gasteiger partial charge in [-0.1, -0.05) is 5.16 Å². The molecule has 0 aromatic carbocycles. The van der Waals surface area contributed by atoms with Crippen molar-refractivity contribution in [2.75, 3.05) is 0 Å². The first kappa shape index (κ1) is 9.45. The average Bonchev–Trinajstić information content (AvgIpc) is 2.85. The molecule has 0 radical (unpaired) electrons. The Kier molecular flexibility index (Phi) is 2.24. The fraction of sp³-hybridized carbons (Fsp3) is 0.222. The van der Waals surface area contributed by atoms with Crippen molar-refractivity contribution in [2.24, 2.45) is 0 Å². The van der Waals surface area contributed by atoms with Crippen LogP contribution in [0.15, 0.2) is 23.1 Å². The van der Waals surface area contributed by atoms with E-state index in [4.69, 9.17) is 9.63 Å². The van der Waals surface area contributed by atoms with Gasteiger partial charge in [0.2, 0.25) is 5.76 Å². The summed E-state index contributed by atoms with van der Waals surface area (Å²) in [5, 5.41) is 12.3. The van der Waals surface area contributed by atoms with Crippen molar-refractivity contribution in [1.29, 1.82) is 0 Å². The molecule has 6 heteroatoms. The van der Waals surface area contributed by atoms with Gasteiger partial charge in [-0.25, -0.2) is 9.78 Å². The first-order valence-electron chi connectivity index (χ1n) is 4.43. The first-order chi connectivity index (χ1) is 7.24. The van der Waals surface area contributed by atoms with Crippen LogP contribution < -0.4 is 0 Å². The molecule has 0 saturated heterocycles. The third-order valence-electron chi connectivity index (χ3n) is 2.06. The zero-order chi connectivity index (χ0) is 10.8. The van der Waals surface area contributed by atoms with E-state index < -0.39 is 5.97 Å². The standard InChI is InChI=1S/C9H9N3O3/c1-2-12-4-3-10-8(12)7-6(9(13)14)5-11-15-7/h3-5H,2H2,1H3,(H,13,14). The van der Waals surface area contributed by atoms with Gasteiger partial charge in [-0.15, -0.1) is 0 Å². The number of aromatic carboxylic acids is 1. The van der Waals surface area contributed by atoms with Crippen LogP contribution in [0.25, 0.3) is 11.6 Å². The van der Waals surface area contributed by atoms with Crippen molar-refractivity contribution in [2.45, 2.75) is 13.5 Å². The third-order valence-corrected chi connectivity index (χ3v) is 2.06. The summed E-state index contributed by atoms with van der Waals surface area (Å²) < 4.78 is 6.68. The normalized spacial score (nSPS) is 10.5. The molecule has 0 atom stereocenters. The Morgan fingerprint density at radius 2 is 2.47 bits per heavy atom. The summed E-state index contributed by atoms with van der Waals surface area (Å²) in [6.45, 7) is 2.62. The van der Waals surface area contributed by atoms with Crippen molar-refractivity contribution in [3.8, 4) is 11.6 Å². The second kappa shape index (κ2) is 3.56. The largest absolute Gasteiger partial charge is 0.477 e. The summed E-state index contributed by atoms with van der Waals surface area (Å²) in [4.78, 5) is 14.9. The molecular weight excluding hydrogens is 198 g/mol. The number of imidazole rings is 1. The van der Waals surface area contributed by atoms with E-state index >= 15 is 0 Å². The van der Waals surface area contributed by atoms with E-state index in [0.29, 0.717) is 12.4 Å². The predicted octanol–water partition coefficient (Wildman–Crippen LogP) is 1.26. The van der Waals surface area contributed by atoms with Crippen LogP contribution in [0.1, 0.15) is 17.3 Å². The maximum Gasteiger partial charge on any atom is 0.341 e. The first-order valence-corrected chi connectivity index (χ1v) is 4.43. The van der Waals surface area contributed by atoms with Crippen molar-refractivity contribution >= 4 is 5.97 Å². The van der Waals surface area contributed by atoms with Crippen LogP contribution in [0.2, 0.25) is 0 Å². The summed E-state index contributed by atoms with van der Waals surface area (Å²) in [6, 6.07) is 0. The molecule has 2 aromatic rings. The minimum atomic E-state index is -1.07. The Balaban J connectivity index is 2.54. The van der Waals surface area contributed by atoms with E-state index in [-0.39, 0.29) is 11.3 Å². The highest BCUT2D eigenvalue weighted by atomic mass is 16.5. The zero-order valence-corrected chi connectivity index (χ0v) is 8.04. The highest BCUT2D eigenvalue weighted by Crippen LogP contribution is 2.21. The topological polar surface area (TPSA) is 81.2 Å². The van der Waals surface area contributed by atoms with E-state index in [0.717, 1.165) is 0 Å². The van der Waals surface area contributed by atoms with Crippen molar-refractivity contribution in [3.63, 3.8) is 0 Å². The second-order valence-corrected chi connectivity index (χ2v) is 2.91. The number of nitrogens with zero attached hydrogens (tertiary/aromatic N) is 3. The molecule has 0 spiro atoms. The SMILES string of the molecule is CCn1ccnc1-c1oncc1C(=O)O. The van der Waals surface area contributed by atoms with Crippen LogP contribution in [-0.2, 0) is 6.54 Å². The summed E-state index contributed by atoms with van der Waals surface area (Å²) in [6.07, 6.45) is 4.52. The average molecular weight is 207 g/mol. The van der Waals surface area contributed by atoms with Crippen LogP contribution in [0.5, 0.6) is 0 Å². The quantitative estimate of drug-likeness (QED) is 0.819. The number of carboxylic acid groups (broad SMARTS) is 1. The molecule has 0 aliphatic rings. The van der Waals surface area contributed by atoms with Crippen LogP contribution in [0, 0.1) is 0 Å². The van der Waals surface area contributed by atoms with Gasteiger partial charge in [-0.05, 0) is 6.92 Å². The molecule has 0 aliphatic heterocycles. The number of carboxylic acids is 1. The number of aromatic nitrogens is 3. The van der Waals surface area contributed by atoms with E-state index in [2.05, 4.69) is 10.1 Å². The van der Waals surface area contributed by atoms with E-state index in [1.165, 1.54) is 6.20 Å². The van der Waals surface area contributed by atoms with Crippen LogP contribution in [0.3, 0.4) is 0 Å². The molecule has 2 aromatic heterocycles. The predicted molar refractivity (Wildman–Crippen MR) is 50.4 cm³/mol. The minimum Gasteiger partial charge on any atom is -0.477 e. The van der Waals surface area contributed by atoms with Gasteiger partial charge in [-0.3, -0.25) is 0 Å². The second-order valence-electron chi connectivity index (χ2n) is 2.91. The van der Waals surface area contributed by atoms with Crippen LogP contribution in [0.4, 0.5) is 0 Å². The van der Waals surface area contributed by atoms with Gasteiger partial charge in [0.25, 0.3) is 0 Å². The summed E-state index contributed by atoms with van der Waals surface area (Å²) in [7, 11) is 0. The molecule has 1 N–H and O–H groups in total. The fourth-order valence-electron chi connectivity index (χ4n) is 1.33. The van der Waals surface area contributed by atoms with Crippen molar-refractivity contribution in [1.82, 2.24) is 14.7 Å². The van der Waals surface area contributed by atoms with Gasteiger partial charge in [0.15, 0.2) is 5.82 Å². The van der Waals surface area contributed by atoms with Gasteiger partial charge >= 0.3 is 5.97 Å². The van der Waals surface area contributed by atoms with Gasteiger partial charge in [-0.2, -0.15) is 0 Å². The van der Waals surface area contributed by atoms with Crippen LogP contribution in [-0.4, -0.2) is 25.8 Å². The number of hydrogen-bond acceptors (Lipinski definition) is 4. The highest BCUT2D eigenvalue weighted by molar-refractivity contribution is 5.92. The maximum atomic E-state index is 10.8. The van der Waals surface area contributed by atoms with Gasteiger partial charge < -0.3 is 14.2 Å². The van der Waals surface area contributed by atoms with E-state index in [1.807, 2.05) is 6.92 Å². The Hall–Kier alpha value is -2.11. The molecule has 78 valence electrons. The number of hydrogen-bond donors (Lipinski definition) is 1. The molecule has 0 saturated carbocycles. The van der Waals surface area contributed by atoms with E-state index in [1.54, 1.807) is 17.0 Å². The molecule has 0 amide bonds. The molecule has 0 fully saturated rings. The smallest absolute Gasteiger partial charge is 0.341 e. The van der Waals surface area contributed by atoms with E-state index in [9.17, 15) is 4.79 Å². The molecule has 2 heterocycles. The fourth-order valence-corrected chi connectivity index (χ4v) is 1.33. The number of carbonyl (C=O) groups is 1. The lowest BCUT2D eigenvalue weighted by Gasteiger charge is -2.00. The Bertz CT molecular complexity index is 486. The molecule has 0 bridgehead atoms. The lowest BCUT2D eigenvalue weighted by molar-refractivity contribution is 0.0697. The molecule has 0 aliphatic carbocycles. The Morgan fingerprint density at radius 1 is 1.67 bits per heavy atom. The zero-order valence-electron chi connectivity index (χ0n) is 8.04. The monoisotopic (exact) mass is 207 g/mol. The Morgan fingerprint density at radius 3 is 3.13 bits per heavy atom. The van der Waals surface area contributed by atoms with Crippen LogP contribution >= 0.6 is 0 Å². The molecule has 0 unspecified atom stereocenters. The highest BCUT2D eigenvalue weighted by Gasteiger charge is 2.20. The molecule has 15 heavy (non-hydrogen) atoms. The summed E-state index contributed by atoms with van der Waals surface area (Å²) >= 11 is 0. The third kappa shape index (κ3) is 1.50. The van der Waals surface area contributed by atoms with Gasteiger partial charge in [0, 0.05) is 18.9 Å². The van der Waals surface area contributed by atoms with Crippen molar-refractivity contribution < 1.29 is 14.4 Å². The van der Waals surface area contributed by atoms with Crippen molar-refractivity contribution in [3.05, 3.63) is 24.2 Å². The maximum absolute atomic E-state index is 10.8. The Labute approximate surface area is 85.1 Å². The van der Waals surface area contributed by atoms with Gasteiger partial charge in [0.1, 0.15) is 5.56 Å². The van der Waals surface area contributed by atoms with Gasteiger partial charge in [0.05, 0.1) is 6.20 Å². The summed E-state index contributed by atoms with van der Waals surface area (Å²) in [5.74, 6) is -0.404. The number of rotatable bonds is 3. The lowest BCUT2D eigenvalue weighted by Crippen LogP contribution is -2.01. The molecular formula is C9H9N3O3. The molecule has 6 nitrogen and oxygen atoms in total. The lowest BCUT2D eigenvalue weighted by atomic mass is 10.2.